The van der Waals surface area contributed by atoms with Crippen LogP contribution in [0.5, 0.6) is 11.5 Å². The number of aromatic nitrogens is 1. The lowest BCUT2D eigenvalue weighted by molar-refractivity contribution is 0.308. The number of nitrogens with one attached hydrogen (secondary N) is 2. The molecule has 174 valence electrons. The monoisotopic (exact) mass is 439 g/mol. The molecule has 3 rings (SSSR count). The second-order valence-electron chi connectivity index (χ2n) is 8.15. The second-order valence-corrected chi connectivity index (χ2v) is 8.15. The van der Waals surface area contributed by atoms with Gasteiger partial charge in [0.05, 0.1) is 24.2 Å². The van der Waals surface area contributed by atoms with Gasteiger partial charge >= 0.3 is 0 Å². The van der Waals surface area contributed by atoms with Crippen molar-refractivity contribution in [2.45, 2.75) is 39.5 Å². The molecule has 32 heavy (non-hydrogen) atoms. The quantitative estimate of drug-likeness (QED) is 0.291. The highest BCUT2D eigenvalue weighted by molar-refractivity contribution is 5.94. The van der Waals surface area contributed by atoms with Crippen LogP contribution in [0.15, 0.2) is 41.2 Å². The zero-order chi connectivity index (χ0) is 22.8. The number of pyridine rings is 1. The second kappa shape index (κ2) is 12.5. The summed E-state index contributed by atoms with van der Waals surface area (Å²) in [7, 11) is 1.99. The fourth-order valence-electron chi connectivity index (χ4n) is 3.80. The average molecular weight is 440 g/mol. The lowest BCUT2D eigenvalue weighted by atomic mass is 10.1. The standard InChI is InChI=1S/C26H37N3O3/c1-4-12-27-14-6-16-31-20-9-11-24-23(18-20)26(30)22-10-8-21(19-25(22)29(24)3)32-17-7-15-28-13-5-2/h8-11,18-19,27-28H,4-7,12-17H2,1-3H3. The van der Waals surface area contributed by atoms with Crippen LogP contribution in [0.2, 0.25) is 0 Å². The van der Waals surface area contributed by atoms with Crippen molar-refractivity contribution in [2.75, 3.05) is 39.4 Å². The van der Waals surface area contributed by atoms with Crippen molar-refractivity contribution in [3.8, 4) is 11.5 Å². The average Bonchev–Trinajstić information content (AvgIpc) is 2.82. The molecule has 2 N–H and O–H groups in total. The molecular formula is C26H37N3O3. The summed E-state index contributed by atoms with van der Waals surface area (Å²) in [6.07, 6.45) is 4.15. The van der Waals surface area contributed by atoms with E-state index in [-0.39, 0.29) is 5.43 Å². The Labute approximate surface area is 190 Å². The van der Waals surface area contributed by atoms with Crippen LogP contribution >= 0.6 is 0 Å². The molecule has 3 aromatic rings. The Balaban J connectivity index is 1.72. The van der Waals surface area contributed by atoms with Gasteiger partial charge in [0.2, 0.25) is 0 Å². The fourth-order valence-corrected chi connectivity index (χ4v) is 3.80. The van der Waals surface area contributed by atoms with Gasteiger partial charge in [0, 0.05) is 23.9 Å². The van der Waals surface area contributed by atoms with Crippen LogP contribution in [-0.4, -0.2) is 44.0 Å². The predicted molar refractivity (Wildman–Crippen MR) is 133 cm³/mol. The van der Waals surface area contributed by atoms with Crippen LogP contribution in [0.3, 0.4) is 0 Å². The van der Waals surface area contributed by atoms with Crippen LogP contribution < -0.4 is 25.5 Å². The molecule has 6 nitrogen and oxygen atoms in total. The summed E-state index contributed by atoms with van der Waals surface area (Å²) < 4.78 is 13.9. The lowest BCUT2D eigenvalue weighted by Crippen LogP contribution is -2.18. The van der Waals surface area contributed by atoms with Crippen LogP contribution in [0.4, 0.5) is 0 Å². The van der Waals surface area contributed by atoms with Gasteiger partial charge < -0.3 is 24.7 Å². The molecule has 0 fully saturated rings. The van der Waals surface area contributed by atoms with E-state index in [9.17, 15) is 4.79 Å². The molecule has 2 aromatic carbocycles. The molecule has 0 bridgehead atoms. The topological polar surface area (TPSA) is 64.5 Å². The molecule has 0 radical (unpaired) electrons. The minimum Gasteiger partial charge on any atom is -0.494 e. The van der Waals surface area contributed by atoms with Gasteiger partial charge in [-0.2, -0.15) is 0 Å². The van der Waals surface area contributed by atoms with E-state index in [1.54, 1.807) is 0 Å². The third-order valence-electron chi connectivity index (χ3n) is 5.54. The van der Waals surface area contributed by atoms with E-state index >= 15 is 0 Å². The number of hydrogen-bond donors (Lipinski definition) is 2. The molecule has 0 spiro atoms. The van der Waals surface area contributed by atoms with E-state index in [0.717, 1.165) is 74.4 Å². The Morgan fingerprint density at radius 1 is 0.750 bits per heavy atom. The van der Waals surface area contributed by atoms with Gasteiger partial charge in [-0.15, -0.1) is 0 Å². The van der Waals surface area contributed by atoms with Crippen LogP contribution in [-0.2, 0) is 7.05 Å². The fraction of sp³-hybridized carbons (Fsp3) is 0.500. The summed E-state index contributed by atoms with van der Waals surface area (Å²) >= 11 is 0. The molecule has 0 saturated carbocycles. The van der Waals surface area contributed by atoms with Crippen molar-refractivity contribution in [1.82, 2.24) is 15.2 Å². The minimum absolute atomic E-state index is 0.0264. The molecule has 6 heteroatoms. The zero-order valence-electron chi connectivity index (χ0n) is 19.7. The molecule has 0 amide bonds. The largest absolute Gasteiger partial charge is 0.494 e. The van der Waals surface area contributed by atoms with E-state index < -0.39 is 0 Å². The van der Waals surface area contributed by atoms with Crippen molar-refractivity contribution < 1.29 is 9.47 Å². The first-order chi connectivity index (χ1) is 15.7. The van der Waals surface area contributed by atoms with E-state index in [2.05, 4.69) is 29.0 Å². The Morgan fingerprint density at radius 3 is 1.97 bits per heavy atom. The highest BCUT2D eigenvalue weighted by atomic mass is 16.5. The van der Waals surface area contributed by atoms with Crippen LogP contribution in [0, 0.1) is 0 Å². The Morgan fingerprint density at radius 2 is 1.34 bits per heavy atom. The van der Waals surface area contributed by atoms with Crippen LogP contribution in [0.1, 0.15) is 39.5 Å². The van der Waals surface area contributed by atoms with Gasteiger partial charge in [0.15, 0.2) is 5.43 Å². The maximum Gasteiger partial charge on any atom is 0.197 e. The number of fused-ring (bicyclic) bond motifs is 2. The van der Waals surface area contributed by atoms with E-state index in [1.807, 2.05) is 43.4 Å². The Hall–Kier alpha value is -2.57. The maximum absolute atomic E-state index is 13.2. The van der Waals surface area contributed by atoms with E-state index in [1.165, 1.54) is 0 Å². The normalized spacial score (nSPS) is 11.3. The molecule has 0 unspecified atom stereocenters. The molecule has 1 aromatic heterocycles. The van der Waals surface area contributed by atoms with Gasteiger partial charge in [-0.3, -0.25) is 4.79 Å². The van der Waals surface area contributed by atoms with Crippen LogP contribution in [0.25, 0.3) is 21.8 Å². The third kappa shape index (κ3) is 6.24. The molecule has 0 aliphatic carbocycles. The Bertz CT molecular complexity index is 1060. The predicted octanol–water partition coefficient (Wildman–Crippen LogP) is 4.23. The molecule has 0 aliphatic heterocycles. The highest BCUT2D eigenvalue weighted by Gasteiger charge is 2.11. The zero-order valence-corrected chi connectivity index (χ0v) is 19.7. The molecule has 1 heterocycles. The number of ether oxygens (including phenoxy) is 2. The summed E-state index contributed by atoms with van der Waals surface area (Å²) in [6.45, 7) is 9.55. The molecular weight excluding hydrogens is 402 g/mol. The number of benzene rings is 2. The van der Waals surface area contributed by atoms with Crippen molar-refractivity contribution in [1.29, 1.82) is 0 Å². The van der Waals surface area contributed by atoms with E-state index in [0.29, 0.717) is 24.0 Å². The van der Waals surface area contributed by atoms with Gasteiger partial charge in [0.25, 0.3) is 0 Å². The summed E-state index contributed by atoms with van der Waals surface area (Å²) in [6, 6.07) is 11.5. The number of aryl methyl sites for hydroxylation is 1. The van der Waals surface area contributed by atoms with Gasteiger partial charge in [-0.25, -0.2) is 0 Å². The van der Waals surface area contributed by atoms with Crippen molar-refractivity contribution >= 4 is 21.8 Å². The summed E-state index contributed by atoms with van der Waals surface area (Å²) in [5.74, 6) is 1.53. The number of nitrogens with zero attached hydrogens (tertiary/aromatic N) is 1. The summed E-state index contributed by atoms with van der Waals surface area (Å²) in [4.78, 5) is 13.2. The summed E-state index contributed by atoms with van der Waals surface area (Å²) in [5, 5.41) is 8.12. The van der Waals surface area contributed by atoms with Crippen molar-refractivity contribution in [3.63, 3.8) is 0 Å². The Kier molecular flexibility index (Phi) is 9.38. The van der Waals surface area contributed by atoms with Crippen molar-refractivity contribution in [3.05, 3.63) is 46.6 Å². The third-order valence-corrected chi connectivity index (χ3v) is 5.54. The minimum atomic E-state index is 0.0264. The molecule has 0 aliphatic rings. The smallest absolute Gasteiger partial charge is 0.197 e. The number of rotatable bonds is 14. The number of hydrogen-bond acceptors (Lipinski definition) is 5. The lowest BCUT2D eigenvalue weighted by Gasteiger charge is -2.14. The SMILES string of the molecule is CCCNCCCOc1ccc2c(c1)c(=O)c1ccc(OCCCNCCC)cc1n2C. The van der Waals surface area contributed by atoms with Gasteiger partial charge in [-0.1, -0.05) is 13.8 Å². The maximum atomic E-state index is 13.2. The summed E-state index contributed by atoms with van der Waals surface area (Å²) in [5.41, 5.74) is 1.79. The highest BCUT2D eigenvalue weighted by Crippen LogP contribution is 2.25. The first-order valence-corrected chi connectivity index (χ1v) is 11.9. The molecule has 0 atom stereocenters. The van der Waals surface area contributed by atoms with Crippen molar-refractivity contribution in [2.24, 2.45) is 7.05 Å². The van der Waals surface area contributed by atoms with E-state index in [4.69, 9.17) is 9.47 Å². The molecule has 0 saturated heterocycles. The first kappa shape index (κ1) is 24.1. The first-order valence-electron chi connectivity index (χ1n) is 11.9. The van der Waals surface area contributed by atoms with Gasteiger partial charge in [-0.05, 0) is 82.2 Å². The van der Waals surface area contributed by atoms with Gasteiger partial charge in [0.1, 0.15) is 11.5 Å².